The molecule has 2 aromatic rings. The molecule has 0 aliphatic heterocycles. The second-order valence-corrected chi connectivity index (χ2v) is 12.8. The van der Waals surface area contributed by atoms with Gasteiger partial charge in [0.25, 0.3) is 0 Å². The van der Waals surface area contributed by atoms with Crippen LogP contribution in [0.4, 0.5) is 0 Å². The molecule has 0 spiro atoms. The Balaban J connectivity index is 1.41. The van der Waals surface area contributed by atoms with Gasteiger partial charge in [0.1, 0.15) is 0 Å². The molecule has 0 nitrogen and oxygen atoms in total. The molecule has 5 rings (SSSR count). The molecule has 2 aromatic carbocycles. The van der Waals surface area contributed by atoms with Gasteiger partial charge in [0.05, 0.1) is 0 Å². The summed E-state index contributed by atoms with van der Waals surface area (Å²) in [4.78, 5) is 0. The third-order valence-electron chi connectivity index (χ3n) is 8.95. The third-order valence-corrected chi connectivity index (χ3v) is 8.95. The Bertz CT molecular complexity index is 1350. The summed E-state index contributed by atoms with van der Waals surface area (Å²) in [5.74, 6) is 1.73. The van der Waals surface area contributed by atoms with Gasteiger partial charge in [-0.2, -0.15) is 0 Å². The van der Waals surface area contributed by atoms with Crippen LogP contribution in [0.3, 0.4) is 0 Å². The van der Waals surface area contributed by atoms with Crippen molar-refractivity contribution in [1.29, 1.82) is 0 Å². The van der Waals surface area contributed by atoms with Crippen LogP contribution in [0.2, 0.25) is 0 Å². The largest absolute Gasteiger partial charge is 0.0995 e. The fraction of sp³-hybridized carbons (Fsp3) is 0.368. The lowest BCUT2D eigenvalue weighted by Crippen LogP contribution is -2.31. The normalized spacial score (nSPS) is 26.2. The molecule has 38 heavy (non-hydrogen) atoms. The van der Waals surface area contributed by atoms with E-state index in [1.54, 1.807) is 5.57 Å². The van der Waals surface area contributed by atoms with E-state index in [9.17, 15) is 0 Å². The third kappa shape index (κ3) is 5.11. The zero-order chi connectivity index (χ0) is 27.0. The van der Waals surface area contributed by atoms with Gasteiger partial charge in [-0.15, -0.1) is 0 Å². The molecule has 0 heteroatoms. The van der Waals surface area contributed by atoms with Gasteiger partial charge in [-0.3, -0.25) is 0 Å². The highest BCUT2D eigenvalue weighted by atomic mass is 14.5. The molecular weight excluding hydrogens is 456 g/mol. The highest BCUT2D eigenvalue weighted by Crippen LogP contribution is 2.57. The van der Waals surface area contributed by atoms with Crippen molar-refractivity contribution in [1.82, 2.24) is 0 Å². The summed E-state index contributed by atoms with van der Waals surface area (Å²) in [6.07, 6.45) is 13.9. The van der Waals surface area contributed by atoms with E-state index in [0.717, 1.165) is 25.7 Å². The van der Waals surface area contributed by atoms with E-state index in [1.807, 2.05) is 0 Å². The zero-order valence-corrected chi connectivity index (χ0v) is 24.1. The average Bonchev–Trinajstić information content (AvgIpc) is 3.48. The van der Waals surface area contributed by atoms with Crippen molar-refractivity contribution in [2.45, 2.75) is 71.6 Å². The highest BCUT2D eigenvalue weighted by Gasteiger charge is 2.45. The van der Waals surface area contributed by atoms with Gasteiger partial charge in [0.15, 0.2) is 0 Å². The van der Waals surface area contributed by atoms with Crippen LogP contribution in [0.25, 0.3) is 5.57 Å². The van der Waals surface area contributed by atoms with Crippen LogP contribution >= 0.6 is 0 Å². The molecule has 0 amide bonds. The van der Waals surface area contributed by atoms with Crippen molar-refractivity contribution in [3.63, 3.8) is 0 Å². The lowest BCUT2D eigenvalue weighted by atomic mass is 9.62. The molecule has 196 valence electrons. The van der Waals surface area contributed by atoms with Crippen molar-refractivity contribution in [3.8, 4) is 0 Å². The van der Waals surface area contributed by atoms with E-state index in [2.05, 4.69) is 120 Å². The van der Waals surface area contributed by atoms with E-state index in [4.69, 9.17) is 6.58 Å². The van der Waals surface area contributed by atoms with E-state index < -0.39 is 0 Å². The van der Waals surface area contributed by atoms with Crippen LogP contribution in [0, 0.1) is 17.8 Å². The summed E-state index contributed by atoms with van der Waals surface area (Å²) in [7, 11) is 0. The number of hydrogen-bond donors (Lipinski definition) is 0. The van der Waals surface area contributed by atoms with Gasteiger partial charge >= 0.3 is 0 Å². The predicted molar refractivity (Wildman–Crippen MR) is 165 cm³/mol. The monoisotopic (exact) mass is 500 g/mol. The number of hydrogen-bond acceptors (Lipinski definition) is 0. The summed E-state index contributed by atoms with van der Waals surface area (Å²) in [6, 6.07) is 20.2. The lowest BCUT2D eigenvalue weighted by Gasteiger charge is -2.41. The first-order chi connectivity index (χ1) is 18.2. The van der Waals surface area contributed by atoms with Crippen LogP contribution in [0.1, 0.15) is 82.9 Å². The first-order valence-electron chi connectivity index (χ1n) is 14.5. The van der Waals surface area contributed by atoms with Crippen LogP contribution in [0.5, 0.6) is 0 Å². The minimum absolute atomic E-state index is 0.158. The Morgan fingerprint density at radius 1 is 1.00 bits per heavy atom. The average molecular weight is 501 g/mol. The molecule has 3 aliphatic carbocycles. The molecule has 0 bridgehead atoms. The maximum absolute atomic E-state index is 4.74. The molecule has 0 N–H and O–H groups in total. The van der Waals surface area contributed by atoms with Crippen LogP contribution in [-0.2, 0) is 5.41 Å². The Morgan fingerprint density at radius 2 is 1.76 bits per heavy atom. The summed E-state index contributed by atoms with van der Waals surface area (Å²) >= 11 is 0. The Hall–Kier alpha value is -3.12. The van der Waals surface area contributed by atoms with Crippen molar-refractivity contribution in [3.05, 3.63) is 137 Å². The van der Waals surface area contributed by atoms with Gasteiger partial charge in [-0.1, -0.05) is 144 Å². The van der Waals surface area contributed by atoms with Gasteiger partial charge in [0, 0.05) is 11.8 Å². The Kier molecular flexibility index (Phi) is 7.36. The molecule has 0 heterocycles. The van der Waals surface area contributed by atoms with Crippen molar-refractivity contribution < 1.29 is 0 Å². The number of benzene rings is 2. The lowest BCUT2D eigenvalue weighted by molar-refractivity contribution is 0.322. The quantitative estimate of drug-likeness (QED) is 0.346. The number of fused-ring (bicyclic) bond motifs is 1. The minimum atomic E-state index is 0.158. The zero-order valence-electron chi connectivity index (χ0n) is 24.1. The molecule has 0 saturated heterocycles. The molecular formula is C38H44. The van der Waals surface area contributed by atoms with Crippen LogP contribution in [0.15, 0.2) is 120 Å². The summed E-state index contributed by atoms with van der Waals surface area (Å²) in [5, 5.41) is 0. The van der Waals surface area contributed by atoms with Crippen LogP contribution in [-0.4, -0.2) is 0 Å². The SMILES string of the molecule is C=C1C(=CC2=CC=C(c3cccc(C(C)(C)C)c3)C2)CC2=CC(C)C(C(=C)CCC)C(c3ccccc3)C12. The minimum Gasteiger partial charge on any atom is -0.0995 e. The first-order valence-corrected chi connectivity index (χ1v) is 14.5. The standard InChI is InChI=1S/C38H44/c1-8-13-25(2)35-26(3)20-33-23-32(27(4)36(33)37(35)29-14-10-9-11-15-29)22-28-18-19-31(21-28)30-16-12-17-34(24-30)38(5,6)7/h9-12,14-20,22,24,26,35-37H,2,4,8,13,21,23H2,1,3,5-7H3. The first kappa shape index (κ1) is 26.5. The smallest absolute Gasteiger partial charge is 0.0123 e. The van der Waals surface area contributed by atoms with Crippen molar-refractivity contribution in [2.24, 2.45) is 17.8 Å². The van der Waals surface area contributed by atoms with Gasteiger partial charge in [-0.05, 0) is 75.5 Å². The van der Waals surface area contributed by atoms with Crippen LogP contribution < -0.4 is 0 Å². The van der Waals surface area contributed by atoms with Crippen molar-refractivity contribution in [2.75, 3.05) is 0 Å². The maximum atomic E-state index is 4.74. The van der Waals surface area contributed by atoms with E-state index in [1.165, 1.54) is 44.6 Å². The molecule has 0 radical (unpaired) electrons. The maximum Gasteiger partial charge on any atom is 0.0123 e. The van der Waals surface area contributed by atoms with E-state index in [-0.39, 0.29) is 5.41 Å². The molecule has 3 aliphatic rings. The Labute approximate surface area is 231 Å². The summed E-state index contributed by atoms with van der Waals surface area (Å²) in [6.45, 7) is 20.9. The summed E-state index contributed by atoms with van der Waals surface area (Å²) < 4.78 is 0. The number of rotatable bonds is 6. The highest BCUT2D eigenvalue weighted by molar-refractivity contribution is 5.74. The molecule has 4 atom stereocenters. The second-order valence-electron chi connectivity index (χ2n) is 12.8. The predicted octanol–water partition coefficient (Wildman–Crippen LogP) is 10.5. The fourth-order valence-electron chi connectivity index (χ4n) is 7.04. The molecule has 0 aromatic heterocycles. The topological polar surface area (TPSA) is 0 Å². The molecule has 1 fully saturated rings. The van der Waals surface area contributed by atoms with E-state index in [0.29, 0.717) is 23.7 Å². The van der Waals surface area contributed by atoms with Crippen molar-refractivity contribution >= 4 is 5.57 Å². The number of allylic oxidation sites excluding steroid dienone is 10. The second kappa shape index (κ2) is 10.6. The van der Waals surface area contributed by atoms with Gasteiger partial charge < -0.3 is 0 Å². The van der Waals surface area contributed by atoms with E-state index >= 15 is 0 Å². The Morgan fingerprint density at radius 3 is 2.47 bits per heavy atom. The summed E-state index contributed by atoms with van der Waals surface area (Å²) in [5.41, 5.74) is 12.8. The molecule has 1 saturated carbocycles. The van der Waals surface area contributed by atoms with Gasteiger partial charge in [-0.25, -0.2) is 0 Å². The fourth-order valence-corrected chi connectivity index (χ4v) is 7.04. The molecule has 4 unspecified atom stereocenters. The van der Waals surface area contributed by atoms with Gasteiger partial charge in [0.2, 0.25) is 0 Å².